The highest BCUT2D eigenvalue weighted by molar-refractivity contribution is 5.86. The molecule has 2 aliphatic rings. The highest BCUT2D eigenvalue weighted by Crippen LogP contribution is 2.52. The van der Waals surface area contributed by atoms with Crippen molar-refractivity contribution in [2.45, 2.75) is 24.7 Å². The van der Waals surface area contributed by atoms with Crippen molar-refractivity contribution in [3.05, 3.63) is 102 Å². The van der Waals surface area contributed by atoms with Crippen molar-refractivity contribution in [3.8, 4) is 5.75 Å². The van der Waals surface area contributed by atoms with Crippen LogP contribution in [0.3, 0.4) is 0 Å². The Morgan fingerprint density at radius 3 is 2.15 bits per heavy atom. The van der Waals surface area contributed by atoms with Gasteiger partial charge >= 0.3 is 0 Å². The number of carbonyl (C=O) groups excluding carboxylic acids is 2. The van der Waals surface area contributed by atoms with E-state index >= 15 is 0 Å². The van der Waals surface area contributed by atoms with E-state index in [-0.39, 0.29) is 35.4 Å². The number of rotatable bonds is 5. The fraction of sp³-hybridized carbons (Fsp3) is 0.310. The van der Waals surface area contributed by atoms with Crippen LogP contribution in [-0.2, 0) is 21.4 Å². The van der Waals surface area contributed by atoms with Gasteiger partial charge in [0.2, 0.25) is 5.91 Å². The standard InChI is InChI=1S/C29H29NO3/c1-33-27-15-9-8-10-21(27)18-28(32)30-19-24-25(20-30)29(17-16-26(24)31,22-11-4-2-5-12-22)23-13-6-3-7-14-23/h2-15,24-25H,16-20H2,1H3/t24-,25+/m0/s1. The van der Waals surface area contributed by atoms with Crippen LogP contribution in [-0.4, -0.2) is 36.8 Å². The lowest BCUT2D eigenvalue weighted by atomic mass is 9.56. The summed E-state index contributed by atoms with van der Waals surface area (Å²) in [6, 6.07) is 28.7. The molecule has 1 saturated heterocycles. The van der Waals surface area contributed by atoms with Gasteiger partial charge in [0.25, 0.3) is 0 Å². The Bertz CT molecular complexity index is 1100. The Morgan fingerprint density at radius 1 is 0.909 bits per heavy atom. The monoisotopic (exact) mass is 439 g/mol. The van der Waals surface area contributed by atoms with Crippen LogP contribution in [0.4, 0.5) is 0 Å². The number of ketones is 1. The molecule has 2 fully saturated rings. The second-order valence-electron chi connectivity index (χ2n) is 9.17. The van der Waals surface area contributed by atoms with Crippen LogP contribution < -0.4 is 4.74 Å². The summed E-state index contributed by atoms with van der Waals surface area (Å²) in [5, 5.41) is 0. The van der Waals surface area contributed by atoms with E-state index in [0.717, 1.165) is 17.7 Å². The number of fused-ring (bicyclic) bond motifs is 1. The zero-order valence-electron chi connectivity index (χ0n) is 18.9. The molecule has 1 aliphatic carbocycles. The second-order valence-corrected chi connectivity index (χ2v) is 9.17. The van der Waals surface area contributed by atoms with Gasteiger partial charge in [0.15, 0.2) is 0 Å². The lowest BCUT2D eigenvalue weighted by Crippen LogP contribution is -2.47. The normalized spacial score (nSPS) is 21.5. The molecule has 0 bridgehead atoms. The van der Waals surface area contributed by atoms with Gasteiger partial charge < -0.3 is 9.64 Å². The van der Waals surface area contributed by atoms with E-state index in [0.29, 0.717) is 19.5 Å². The maximum absolute atomic E-state index is 13.4. The van der Waals surface area contributed by atoms with Crippen LogP contribution in [0.2, 0.25) is 0 Å². The molecule has 1 heterocycles. The molecule has 5 rings (SSSR count). The number of likely N-dealkylation sites (tertiary alicyclic amines) is 1. The Hall–Kier alpha value is -3.40. The highest BCUT2D eigenvalue weighted by Gasteiger charge is 2.55. The van der Waals surface area contributed by atoms with E-state index in [9.17, 15) is 9.59 Å². The minimum atomic E-state index is -0.277. The summed E-state index contributed by atoms with van der Waals surface area (Å²) in [5.41, 5.74) is 3.07. The maximum atomic E-state index is 13.4. The lowest BCUT2D eigenvalue weighted by Gasteiger charge is -2.45. The fourth-order valence-electron chi connectivity index (χ4n) is 6.00. The number of benzene rings is 3. The minimum Gasteiger partial charge on any atom is -0.496 e. The van der Waals surface area contributed by atoms with Gasteiger partial charge in [-0.15, -0.1) is 0 Å². The first-order valence-corrected chi connectivity index (χ1v) is 11.7. The zero-order chi connectivity index (χ0) is 22.8. The SMILES string of the molecule is COc1ccccc1CC(=O)N1C[C@@H]2C(=O)CCC(c3ccccc3)(c3ccccc3)[C@@H]2C1. The molecule has 3 aromatic carbocycles. The molecule has 4 heteroatoms. The quantitative estimate of drug-likeness (QED) is 0.581. The van der Waals surface area contributed by atoms with Gasteiger partial charge in [0.1, 0.15) is 11.5 Å². The first-order chi connectivity index (χ1) is 16.1. The number of Topliss-reactive ketones (excluding diaryl/α,β-unsaturated/α-hetero) is 1. The molecule has 0 N–H and O–H groups in total. The molecular formula is C29H29NO3. The average molecular weight is 440 g/mol. The van der Waals surface area contributed by atoms with Crippen LogP contribution in [0, 0.1) is 11.8 Å². The van der Waals surface area contributed by atoms with Crippen LogP contribution in [0.5, 0.6) is 5.75 Å². The molecule has 1 amide bonds. The van der Waals surface area contributed by atoms with Gasteiger partial charge in [-0.05, 0) is 23.6 Å². The van der Waals surface area contributed by atoms with Crippen molar-refractivity contribution >= 4 is 11.7 Å². The summed E-state index contributed by atoms with van der Waals surface area (Å²) in [7, 11) is 1.63. The molecule has 168 valence electrons. The topological polar surface area (TPSA) is 46.6 Å². The van der Waals surface area contributed by atoms with Gasteiger partial charge in [-0.25, -0.2) is 0 Å². The first kappa shape index (κ1) is 21.4. The third-order valence-electron chi connectivity index (χ3n) is 7.60. The van der Waals surface area contributed by atoms with E-state index in [1.807, 2.05) is 41.3 Å². The van der Waals surface area contributed by atoms with Gasteiger partial charge in [-0.1, -0.05) is 78.9 Å². The van der Waals surface area contributed by atoms with E-state index in [1.165, 1.54) is 11.1 Å². The summed E-state index contributed by atoms with van der Waals surface area (Å²) in [4.78, 5) is 28.4. The largest absolute Gasteiger partial charge is 0.496 e. The molecule has 1 saturated carbocycles. The Morgan fingerprint density at radius 2 is 1.52 bits per heavy atom. The van der Waals surface area contributed by atoms with Gasteiger partial charge in [0, 0.05) is 42.3 Å². The molecule has 0 radical (unpaired) electrons. The Balaban J connectivity index is 1.50. The molecule has 3 aromatic rings. The molecular weight excluding hydrogens is 410 g/mol. The summed E-state index contributed by atoms with van der Waals surface area (Å²) in [6.07, 6.45) is 1.59. The van der Waals surface area contributed by atoms with Crippen molar-refractivity contribution in [3.63, 3.8) is 0 Å². The van der Waals surface area contributed by atoms with Crippen LogP contribution >= 0.6 is 0 Å². The van der Waals surface area contributed by atoms with E-state index in [2.05, 4.69) is 48.5 Å². The van der Waals surface area contributed by atoms with Crippen molar-refractivity contribution in [1.82, 2.24) is 4.90 Å². The van der Waals surface area contributed by atoms with Crippen LogP contribution in [0.1, 0.15) is 29.5 Å². The zero-order valence-corrected chi connectivity index (χ0v) is 18.9. The van der Waals surface area contributed by atoms with Crippen LogP contribution in [0.15, 0.2) is 84.9 Å². The van der Waals surface area contributed by atoms with Gasteiger partial charge in [-0.2, -0.15) is 0 Å². The van der Waals surface area contributed by atoms with E-state index in [1.54, 1.807) is 7.11 Å². The predicted octanol–water partition coefficient (Wildman–Crippen LogP) is 4.66. The number of nitrogens with zero attached hydrogens (tertiary/aromatic N) is 1. The smallest absolute Gasteiger partial charge is 0.227 e. The fourth-order valence-corrected chi connectivity index (χ4v) is 6.00. The number of carbonyl (C=O) groups is 2. The number of para-hydroxylation sites is 1. The summed E-state index contributed by atoms with van der Waals surface area (Å²) in [6.45, 7) is 1.09. The number of methoxy groups -OCH3 is 1. The predicted molar refractivity (Wildman–Crippen MR) is 128 cm³/mol. The third kappa shape index (κ3) is 3.74. The number of hydrogen-bond donors (Lipinski definition) is 0. The van der Waals surface area contributed by atoms with Crippen LogP contribution in [0.25, 0.3) is 0 Å². The first-order valence-electron chi connectivity index (χ1n) is 11.7. The van der Waals surface area contributed by atoms with Gasteiger partial charge in [-0.3, -0.25) is 9.59 Å². The maximum Gasteiger partial charge on any atom is 0.227 e. The molecule has 33 heavy (non-hydrogen) atoms. The van der Waals surface area contributed by atoms with E-state index in [4.69, 9.17) is 4.74 Å². The summed E-state index contributed by atoms with van der Waals surface area (Å²) < 4.78 is 5.44. The van der Waals surface area contributed by atoms with Crippen molar-refractivity contribution in [2.75, 3.05) is 20.2 Å². The number of hydrogen-bond acceptors (Lipinski definition) is 3. The Labute approximate surface area is 195 Å². The average Bonchev–Trinajstić information content (AvgIpc) is 3.33. The van der Waals surface area contributed by atoms with Gasteiger partial charge in [0.05, 0.1) is 13.5 Å². The number of amides is 1. The molecule has 4 nitrogen and oxygen atoms in total. The molecule has 2 atom stereocenters. The second kappa shape index (κ2) is 8.86. The third-order valence-corrected chi connectivity index (χ3v) is 7.60. The lowest BCUT2D eigenvalue weighted by molar-refractivity contribution is -0.129. The van der Waals surface area contributed by atoms with Crippen molar-refractivity contribution in [2.24, 2.45) is 11.8 Å². The van der Waals surface area contributed by atoms with E-state index < -0.39 is 0 Å². The molecule has 0 aromatic heterocycles. The minimum absolute atomic E-state index is 0.0525. The molecule has 1 aliphatic heterocycles. The Kier molecular flexibility index (Phi) is 5.76. The summed E-state index contributed by atoms with van der Waals surface area (Å²) in [5.74, 6) is 0.985. The number of ether oxygens (including phenoxy) is 1. The summed E-state index contributed by atoms with van der Waals surface area (Å²) >= 11 is 0. The van der Waals surface area contributed by atoms with Crippen molar-refractivity contribution in [1.29, 1.82) is 0 Å². The van der Waals surface area contributed by atoms with Crippen molar-refractivity contribution < 1.29 is 14.3 Å². The highest BCUT2D eigenvalue weighted by atomic mass is 16.5. The molecule has 0 unspecified atom stereocenters. The molecule has 0 spiro atoms.